The summed E-state index contributed by atoms with van der Waals surface area (Å²) in [5.74, 6) is 0.659. The second-order valence-electron chi connectivity index (χ2n) is 7.17. The fourth-order valence-electron chi connectivity index (χ4n) is 3.29. The minimum atomic E-state index is -0.440. The number of hydrogen-bond donors (Lipinski definition) is 1. The maximum Gasteiger partial charge on any atom is 0.283 e. The first kappa shape index (κ1) is 21.0. The molecule has 2 heterocycles. The Morgan fingerprint density at radius 1 is 1.09 bits per heavy atom. The molecule has 4 rings (SSSR count). The fraction of sp³-hybridized carbons (Fsp3) is 0.227. The maximum absolute atomic E-state index is 12.8. The number of nitrogens with one attached hydrogen (secondary N) is 1. The SMILES string of the molecule is COc1cc(NC(=O)Cn2cnc3c(nnn3Cc3ccccc3C)c2=O)cc(OC)c1. The van der Waals surface area contributed by atoms with E-state index in [9.17, 15) is 9.59 Å². The van der Waals surface area contributed by atoms with Crippen LogP contribution in [0.1, 0.15) is 11.1 Å². The molecule has 1 amide bonds. The highest BCUT2D eigenvalue weighted by molar-refractivity contribution is 5.91. The van der Waals surface area contributed by atoms with E-state index < -0.39 is 11.5 Å². The number of carbonyl (C=O) groups excluding carboxylic acids is 1. The van der Waals surface area contributed by atoms with E-state index in [-0.39, 0.29) is 12.1 Å². The Balaban J connectivity index is 1.54. The van der Waals surface area contributed by atoms with Crippen molar-refractivity contribution >= 4 is 22.8 Å². The number of carbonyl (C=O) groups is 1. The number of benzene rings is 2. The third-order valence-electron chi connectivity index (χ3n) is 5.02. The highest BCUT2D eigenvalue weighted by atomic mass is 16.5. The van der Waals surface area contributed by atoms with Crippen LogP contribution in [0.2, 0.25) is 0 Å². The standard InChI is InChI=1S/C22H22N6O4/c1-14-6-4-5-7-15(14)11-28-21-20(25-26-28)22(30)27(13-23-21)12-19(29)24-16-8-17(31-2)10-18(9-16)32-3/h4-10,13H,11-12H2,1-3H3,(H,24,29). The number of fused-ring (bicyclic) bond motifs is 1. The summed E-state index contributed by atoms with van der Waals surface area (Å²) in [6, 6.07) is 12.9. The van der Waals surface area contributed by atoms with Crippen LogP contribution in [0.3, 0.4) is 0 Å². The molecule has 0 fully saturated rings. The van der Waals surface area contributed by atoms with E-state index in [1.165, 1.54) is 25.1 Å². The van der Waals surface area contributed by atoms with Gasteiger partial charge in [-0.2, -0.15) is 0 Å². The van der Waals surface area contributed by atoms with E-state index in [4.69, 9.17) is 9.47 Å². The molecule has 164 valence electrons. The number of nitrogens with zero attached hydrogens (tertiary/aromatic N) is 5. The number of ether oxygens (including phenoxy) is 2. The van der Waals surface area contributed by atoms with Crippen molar-refractivity contribution in [2.45, 2.75) is 20.0 Å². The van der Waals surface area contributed by atoms with Crippen molar-refractivity contribution in [2.75, 3.05) is 19.5 Å². The van der Waals surface area contributed by atoms with Gasteiger partial charge in [-0.25, -0.2) is 9.67 Å². The van der Waals surface area contributed by atoms with Gasteiger partial charge < -0.3 is 14.8 Å². The van der Waals surface area contributed by atoms with E-state index >= 15 is 0 Å². The van der Waals surface area contributed by atoms with Crippen LogP contribution in [-0.2, 0) is 17.9 Å². The molecule has 4 aromatic rings. The second kappa shape index (κ2) is 8.88. The van der Waals surface area contributed by atoms with Crippen LogP contribution in [0.15, 0.2) is 53.6 Å². The van der Waals surface area contributed by atoms with Crippen molar-refractivity contribution in [1.29, 1.82) is 0 Å². The van der Waals surface area contributed by atoms with Gasteiger partial charge in [-0.15, -0.1) is 5.10 Å². The number of anilines is 1. The molecule has 32 heavy (non-hydrogen) atoms. The number of aromatic nitrogens is 5. The zero-order chi connectivity index (χ0) is 22.7. The Morgan fingerprint density at radius 3 is 2.50 bits per heavy atom. The van der Waals surface area contributed by atoms with E-state index in [2.05, 4.69) is 20.6 Å². The summed E-state index contributed by atoms with van der Waals surface area (Å²) in [5, 5.41) is 10.8. The normalized spacial score (nSPS) is 10.8. The predicted molar refractivity (Wildman–Crippen MR) is 118 cm³/mol. The average Bonchev–Trinajstić information content (AvgIpc) is 3.20. The Bertz CT molecular complexity index is 1320. The Morgan fingerprint density at radius 2 is 1.81 bits per heavy atom. The number of methoxy groups -OCH3 is 2. The lowest BCUT2D eigenvalue weighted by atomic mass is 10.1. The van der Waals surface area contributed by atoms with Gasteiger partial charge in [-0.05, 0) is 18.1 Å². The molecule has 0 radical (unpaired) electrons. The number of hydrogen-bond acceptors (Lipinski definition) is 7. The summed E-state index contributed by atoms with van der Waals surface area (Å²) in [7, 11) is 3.04. The molecule has 0 spiro atoms. The van der Waals surface area contributed by atoms with Gasteiger partial charge in [0.1, 0.15) is 24.4 Å². The third-order valence-corrected chi connectivity index (χ3v) is 5.02. The Labute approximate surface area is 183 Å². The third kappa shape index (κ3) is 4.29. The molecule has 10 nitrogen and oxygen atoms in total. The van der Waals surface area contributed by atoms with Crippen LogP contribution in [0, 0.1) is 6.92 Å². The molecule has 1 N–H and O–H groups in total. The highest BCUT2D eigenvalue weighted by Crippen LogP contribution is 2.25. The van der Waals surface area contributed by atoms with E-state index in [0.29, 0.717) is 29.4 Å². The molecule has 0 unspecified atom stereocenters. The molecular formula is C22H22N6O4. The fourth-order valence-corrected chi connectivity index (χ4v) is 3.29. The van der Waals surface area contributed by atoms with Crippen molar-refractivity contribution in [3.63, 3.8) is 0 Å². The first-order valence-electron chi connectivity index (χ1n) is 9.84. The van der Waals surface area contributed by atoms with Crippen LogP contribution in [0.5, 0.6) is 11.5 Å². The summed E-state index contributed by atoms with van der Waals surface area (Å²) < 4.78 is 13.2. The van der Waals surface area contributed by atoms with E-state index in [0.717, 1.165) is 11.1 Å². The lowest BCUT2D eigenvalue weighted by Gasteiger charge is -2.10. The van der Waals surface area contributed by atoms with Gasteiger partial charge in [0.15, 0.2) is 11.2 Å². The molecule has 0 aliphatic heterocycles. The van der Waals surface area contributed by atoms with Gasteiger partial charge >= 0.3 is 0 Å². The largest absolute Gasteiger partial charge is 0.497 e. The van der Waals surface area contributed by atoms with E-state index in [1.54, 1.807) is 22.9 Å². The van der Waals surface area contributed by atoms with Crippen LogP contribution in [0.25, 0.3) is 11.2 Å². The van der Waals surface area contributed by atoms with E-state index in [1.807, 2.05) is 31.2 Å². The molecule has 0 aliphatic carbocycles. The van der Waals surface area contributed by atoms with Crippen LogP contribution < -0.4 is 20.3 Å². The van der Waals surface area contributed by atoms with Gasteiger partial charge in [0.05, 0.1) is 20.8 Å². The zero-order valence-corrected chi connectivity index (χ0v) is 17.9. The van der Waals surface area contributed by atoms with Crippen molar-refractivity contribution < 1.29 is 14.3 Å². The molecule has 0 bridgehead atoms. The number of amides is 1. The van der Waals surface area contributed by atoms with Gasteiger partial charge in [0.2, 0.25) is 5.91 Å². The van der Waals surface area contributed by atoms with Crippen LogP contribution >= 0.6 is 0 Å². The topological polar surface area (TPSA) is 113 Å². The Hall–Kier alpha value is -4.21. The minimum absolute atomic E-state index is 0.108. The average molecular weight is 434 g/mol. The summed E-state index contributed by atoms with van der Waals surface area (Å²) >= 11 is 0. The lowest BCUT2D eigenvalue weighted by molar-refractivity contribution is -0.116. The maximum atomic E-state index is 12.8. The van der Waals surface area contributed by atoms with Crippen molar-refractivity contribution in [2.24, 2.45) is 0 Å². The Kier molecular flexibility index (Phi) is 5.84. The first-order chi connectivity index (χ1) is 15.5. The molecular weight excluding hydrogens is 412 g/mol. The van der Waals surface area contributed by atoms with Gasteiger partial charge in [0.25, 0.3) is 5.56 Å². The molecule has 0 saturated carbocycles. The summed E-state index contributed by atoms with van der Waals surface area (Å²) in [6.07, 6.45) is 1.33. The monoisotopic (exact) mass is 434 g/mol. The molecule has 2 aromatic heterocycles. The lowest BCUT2D eigenvalue weighted by Crippen LogP contribution is -2.28. The van der Waals surface area contributed by atoms with Crippen LogP contribution in [-0.4, -0.2) is 44.7 Å². The minimum Gasteiger partial charge on any atom is -0.497 e. The summed E-state index contributed by atoms with van der Waals surface area (Å²) in [4.78, 5) is 29.7. The number of aryl methyl sites for hydroxylation is 1. The van der Waals surface area contributed by atoms with Crippen molar-refractivity contribution in [3.05, 3.63) is 70.3 Å². The molecule has 0 saturated heterocycles. The zero-order valence-electron chi connectivity index (χ0n) is 17.9. The second-order valence-corrected chi connectivity index (χ2v) is 7.17. The molecule has 2 aromatic carbocycles. The highest BCUT2D eigenvalue weighted by Gasteiger charge is 2.15. The van der Waals surface area contributed by atoms with Gasteiger partial charge in [-0.1, -0.05) is 29.5 Å². The quantitative estimate of drug-likeness (QED) is 0.473. The van der Waals surface area contributed by atoms with Gasteiger partial charge in [0, 0.05) is 23.9 Å². The van der Waals surface area contributed by atoms with Crippen LogP contribution in [0.4, 0.5) is 5.69 Å². The summed E-state index contributed by atoms with van der Waals surface area (Å²) in [5.41, 5.74) is 2.68. The van der Waals surface area contributed by atoms with Crippen molar-refractivity contribution in [1.82, 2.24) is 24.5 Å². The summed E-state index contributed by atoms with van der Waals surface area (Å²) in [6.45, 7) is 2.22. The predicted octanol–water partition coefficient (Wildman–Crippen LogP) is 2.00. The van der Waals surface area contributed by atoms with Crippen molar-refractivity contribution in [3.8, 4) is 11.5 Å². The molecule has 0 aliphatic rings. The number of rotatable bonds is 7. The first-order valence-corrected chi connectivity index (χ1v) is 9.84. The smallest absolute Gasteiger partial charge is 0.283 e. The molecule has 10 heteroatoms. The van der Waals surface area contributed by atoms with Gasteiger partial charge in [-0.3, -0.25) is 14.2 Å². The molecule has 0 atom stereocenters.